The molecule has 0 unspecified atom stereocenters. The molecule has 0 aliphatic heterocycles. The zero-order valence-electron chi connectivity index (χ0n) is 54.5. The Balaban J connectivity index is 1.38. The zero-order chi connectivity index (χ0) is 60.0. The summed E-state index contributed by atoms with van der Waals surface area (Å²) >= 11 is 3.95. The smallest absolute Gasteiger partial charge is 0.0463 e. The fourth-order valence-corrected chi connectivity index (χ4v) is 15.2. The van der Waals surface area contributed by atoms with Gasteiger partial charge in [0.05, 0.1) is 0 Å². The van der Waals surface area contributed by atoms with Gasteiger partial charge in [0, 0.05) is 29.6 Å². The molecule has 0 aromatic carbocycles. The van der Waals surface area contributed by atoms with Gasteiger partial charge in [0.2, 0.25) is 0 Å². The molecule has 8 aliphatic rings. The summed E-state index contributed by atoms with van der Waals surface area (Å²) < 4.78 is 5.27. The highest BCUT2D eigenvalue weighted by molar-refractivity contribution is 7.26. The molecule has 0 spiro atoms. The molecule has 2 aromatic heterocycles. The second kappa shape index (κ2) is 19.9. The third-order valence-electron chi connectivity index (χ3n) is 17.5. The summed E-state index contributed by atoms with van der Waals surface area (Å²) in [6.45, 7) is 56.6. The molecule has 0 radical (unpaired) electrons. The van der Waals surface area contributed by atoms with Crippen LogP contribution in [0, 0.1) is 0 Å². The first-order valence-corrected chi connectivity index (χ1v) is 31.9. The van der Waals surface area contributed by atoms with Gasteiger partial charge >= 0.3 is 0 Å². The third-order valence-corrected chi connectivity index (χ3v) is 19.9. The van der Waals surface area contributed by atoms with Gasteiger partial charge in [0.25, 0.3) is 0 Å². The summed E-state index contributed by atoms with van der Waals surface area (Å²) in [7, 11) is 0. The molecule has 0 bridgehead atoms. The molecule has 82 heavy (non-hydrogen) atoms. The Hall–Kier alpha value is -5.80. The monoisotopic (exact) mass is 1120 g/mol. The molecule has 8 aliphatic carbocycles. The van der Waals surface area contributed by atoms with Gasteiger partial charge in [-0.05, 0) is 191 Å². The van der Waals surface area contributed by atoms with Gasteiger partial charge in [-0.25, -0.2) is 0 Å². The van der Waals surface area contributed by atoms with Crippen LogP contribution in [0.25, 0.3) is 65.1 Å². The Labute approximate surface area is 503 Å². The van der Waals surface area contributed by atoms with E-state index in [-0.39, 0.29) is 43.3 Å². The van der Waals surface area contributed by atoms with Crippen molar-refractivity contribution in [1.29, 1.82) is 0 Å². The molecule has 426 valence electrons. The first-order valence-electron chi connectivity index (χ1n) is 30.3. The van der Waals surface area contributed by atoms with Crippen molar-refractivity contribution < 1.29 is 0 Å². The molecule has 0 amide bonds. The Bertz CT molecular complexity index is 3560. The van der Waals surface area contributed by atoms with Crippen LogP contribution in [0.3, 0.4) is 0 Å². The molecule has 0 N–H and O–H groups in total. The molecule has 0 fully saturated rings. The maximum absolute atomic E-state index is 2.57. The van der Waals surface area contributed by atoms with E-state index in [0.29, 0.717) is 0 Å². The Morgan fingerprint density at radius 3 is 0.573 bits per heavy atom. The van der Waals surface area contributed by atoms with Crippen molar-refractivity contribution >= 4 is 43.2 Å². The summed E-state index contributed by atoms with van der Waals surface area (Å²) in [6, 6.07) is 54.0. The Kier molecular flexibility index (Phi) is 14.4. The number of thiophene rings is 2. The van der Waals surface area contributed by atoms with Crippen molar-refractivity contribution in [2.45, 2.75) is 209 Å². The molecule has 0 atom stereocenters. The lowest BCUT2D eigenvalue weighted by Crippen LogP contribution is -2.11. The van der Waals surface area contributed by atoms with E-state index in [9.17, 15) is 0 Å². The number of hydrogen-bond donors (Lipinski definition) is 0. The molecule has 2 heterocycles. The summed E-state index contributed by atoms with van der Waals surface area (Å²) in [4.78, 5) is 0. The zero-order valence-corrected chi connectivity index (χ0v) is 56.2. The molecule has 0 saturated heterocycles. The van der Waals surface area contributed by atoms with Gasteiger partial charge in [-0.3, -0.25) is 0 Å². The largest absolute Gasteiger partial charge is 0.134 e. The van der Waals surface area contributed by atoms with Crippen molar-refractivity contribution in [3.05, 3.63) is 209 Å². The highest BCUT2D eigenvalue weighted by atomic mass is 32.1. The first kappa shape index (κ1) is 59.4. The maximum Gasteiger partial charge on any atom is 0.0463 e. The van der Waals surface area contributed by atoms with E-state index in [1.54, 1.807) is 0 Å². The van der Waals surface area contributed by atoms with Gasteiger partial charge in [-0.15, -0.1) is 22.7 Å². The van der Waals surface area contributed by atoms with Crippen LogP contribution in [0.1, 0.15) is 233 Å². The quantitative estimate of drug-likeness (QED) is 0.165. The predicted octanol–water partition coefficient (Wildman–Crippen LogP) is 22.3. The van der Waals surface area contributed by atoms with E-state index in [0.717, 1.165) is 0 Å². The molecule has 0 nitrogen and oxygen atoms in total. The van der Waals surface area contributed by atoms with E-state index in [1.807, 2.05) is 22.7 Å². The summed E-state index contributed by atoms with van der Waals surface area (Å²) in [5.41, 5.74) is 29.1. The second-order valence-electron chi connectivity index (χ2n) is 32.4. The predicted molar refractivity (Wildman–Crippen MR) is 364 cm³/mol. The van der Waals surface area contributed by atoms with Gasteiger partial charge in [0.15, 0.2) is 0 Å². The molecular weight excluding hydrogens is 1030 g/mol. The number of hydrogen-bond acceptors (Lipinski definition) is 2. The van der Waals surface area contributed by atoms with Gasteiger partial charge < -0.3 is 0 Å². The summed E-state index contributed by atoms with van der Waals surface area (Å²) in [5, 5.41) is 0. The van der Waals surface area contributed by atoms with Crippen LogP contribution in [0.2, 0.25) is 0 Å². The van der Waals surface area contributed by atoms with E-state index in [2.05, 4.69) is 300 Å². The van der Waals surface area contributed by atoms with E-state index < -0.39 is 0 Å². The lowest BCUT2D eigenvalue weighted by Gasteiger charge is -2.19. The Morgan fingerprint density at radius 2 is 0.402 bits per heavy atom. The Morgan fingerprint density at radius 1 is 0.220 bits per heavy atom. The SMILES string of the molecule is CC(C)(C)c1ccc2c(C(c3cc(C(C)(C)C)c4ccc(C(C)(C)C)ccc3-4)=c3cc4sc(=C(c5cc(C(C)(C)C)c6ccc(C(C)(C)C)ccc5-6)c5cc(C(C)(C)C)c6ccc(C(C)(C)C)ccc5-6)cc4s3)cc(C(C)(C)C)c-2cc1. The van der Waals surface area contributed by atoms with Crippen molar-refractivity contribution in [2.24, 2.45) is 0 Å². The highest BCUT2D eigenvalue weighted by Crippen LogP contribution is 2.51. The van der Waals surface area contributed by atoms with Crippen molar-refractivity contribution in [3.63, 3.8) is 0 Å². The average molecular weight is 1120 g/mol. The maximum atomic E-state index is 2.57. The molecule has 0 saturated carbocycles. The highest BCUT2D eigenvalue weighted by Gasteiger charge is 2.34. The van der Waals surface area contributed by atoms with Crippen LogP contribution in [-0.2, 0) is 43.3 Å². The van der Waals surface area contributed by atoms with E-state index in [1.165, 1.54) is 141 Å². The normalized spacial score (nSPS) is 13.6. The minimum absolute atomic E-state index is 0.00572. The van der Waals surface area contributed by atoms with Gasteiger partial charge in [0.1, 0.15) is 0 Å². The molecular formula is C80H94S2. The fourth-order valence-electron chi connectivity index (χ4n) is 12.6. The van der Waals surface area contributed by atoms with Crippen molar-refractivity contribution in [3.8, 4) is 44.5 Å². The van der Waals surface area contributed by atoms with Crippen LogP contribution in [-0.4, -0.2) is 0 Å². The average Bonchev–Trinajstić information content (AvgIpc) is 4.28. The lowest BCUT2D eigenvalue weighted by molar-refractivity contribution is 0.590. The van der Waals surface area contributed by atoms with E-state index in [4.69, 9.17) is 0 Å². The standard InChI is InChI=1S/C80H94S2/c1-73(2,3)47-25-33-51-55(37-29-47)63(77(13,14)15)41-59(51)71(60-42-64(78(16,17)18)56-38-30-48(74(4,5)6)26-34-52(56)60)69-45-67-68(81-69)46-70(82-67)72(61-43-65(79(19,20)21)57-39-31-49(75(7,8)9)27-35-53(57)61)62-44-66(80(22,23)24)58-40-32-50(76(10,11)12)28-36-54(58)62/h25-46H,1-24H3. The van der Waals surface area contributed by atoms with Crippen LogP contribution < -0.4 is 9.06 Å². The number of rotatable bonds is 4. The minimum atomic E-state index is -0.0835. The molecule has 10 rings (SSSR count). The van der Waals surface area contributed by atoms with Crippen molar-refractivity contribution in [1.82, 2.24) is 0 Å². The minimum Gasteiger partial charge on any atom is -0.134 e. The van der Waals surface area contributed by atoms with Gasteiger partial charge in [-0.1, -0.05) is 263 Å². The fraction of sp³-hybridized carbons (Fsp3) is 0.400. The molecule has 2 heteroatoms. The van der Waals surface area contributed by atoms with Crippen LogP contribution in [0.4, 0.5) is 0 Å². The van der Waals surface area contributed by atoms with Gasteiger partial charge in [-0.2, -0.15) is 0 Å². The van der Waals surface area contributed by atoms with Crippen molar-refractivity contribution in [2.75, 3.05) is 0 Å². The van der Waals surface area contributed by atoms with Crippen LogP contribution in [0.15, 0.2) is 133 Å². The first-order chi connectivity index (χ1) is 37.7. The summed E-state index contributed by atoms with van der Waals surface area (Å²) in [6.07, 6.45) is 0. The molecule has 2 aromatic rings. The van der Waals surface area contributed by atoms with Crippen LogP contribution >= 0.6 is 22.7 Å². The summed E-state index contributed by atoms with van der Waals surface area (Å²) in [5.74, 6) is 0. The lowest BCUT2D eigenvalue weighted by atomic mass is 9.85. The number of fused-ring (bicyclic) bond motifs is 5. The third kappa shape index (κ3) is 11.0. The van der Waals surface area contributed by atoms with E-state index >= 15 is 0 Å². The topological polar surface area (TPSA) is 0 Å². The second-order valence-corrected chi connectivity index (χ2v) is 34.6. The van der Waals surface area contributed by atoms with Crippen LogP contribution in [0.5, 0.6) is 0 Å².